The van der Waals surface area contributed by atoms with Crippen LogP contribution in [-0.2, 0) is 4.79 Å². The number of anilines is 2. The van der Waals surface area contributed by atoms with Crippen molar-refractivity contribution >= 4 is 33.2 Å². The molecule has 1 aliphatic heterocycles. The Labute approximate surface area is 162 Å². The number of quaternary nitrogens is 1. The maximum Gasteiger partial charge on any atom is 0.282 e. The number of carbonyl (C=O) groups excluding carboxylic acids is 1. The van der Waals surface area contributed by atoms with Crippen molar-refractivity contribution in [1.29, 1.82) is 0 Å². The number of phenolic OH excluding ortho intramolecular Hbond substituents is 1. The molecule has 1 amide bonds. The van der Waals surface area contributed by atoms with Gasteiger partial charge in [0.15, 0.2) is 6.04 Å². The van der Waals surface area contributed by atoms with Crippen LogP contribution in [0.3, 0.4) is 0 Å². The van der Waals surface area contributed by atoms with E-state index in [1.165, 1.54) is 4.90 Å². The first-order valence-corrected chi connectivity index (χ1v) is 9.69. The van der Waals surface area contributed by atoms with E-state index in [4.69, 9.17) is 0 Å². The molecule has 3 N–H and O–H groups in total. The first-order chi connectivity index (χ1) is 12.4. The van der Waals surface area contributed by atoms with Crippen LogP contribution in [0.15, 0.2) is 46.9 Å². The van der Waals surface area contributed by atoms with Crippen LogP contribution in [-0.4, -0.2) is 43.2 Å². The molecule has 0 spiro atoms. The highest BCUT2D eigenvalue weighted by molar-refractivity contribution is 9.10. The van der Waals surface area contributed by atoms with E-state index in [0.29, 0.717) is 0 Å². The number of piperazine rings is 1. The number of carbonyl (C=O) groups is 1. The highest BCUT2D eigenvalue weighted by Gasteiger charge is 2.29. The number of amides is 1. The van der Waals surface area contributed by atoms with Gasteiger partial charge in [0.1, 0.15) is 5.75 Å². The first-order valence-electron chi connectivity index (χ1n) is 8.89. The summed E-state index contributed by atoms with van der Waals surface area (Å²) in [5, 5.41) is 12.5. The molecule has 2 aromatic rings. The smallest absolute Gasteiger partial charge is 0.282 e. The quantitative estimate of drug-likeness (QED) is 0.713. The summed E-state index contributed by atoms with van der Waals surface area (Å²) < 4.78 is 0.908. The Morgan fingerprint density at radius 2 is 1.85 bits per heavy atom. The molecule has 3 rings (SSSR count). The predicted octanol–water partition coefficient (Wildman–Crippen LogP) is 2.20. The van der Waals surface area contributed by atoms with Crippen molar-refractivity contribution in [3.05, 3.63) is 52.5 Å². The normalized spacial score (nSPS) is 16.3. The zero-order chi connectivity index (χ0) is 18.7. The molecule has 26 heavy (non-hydrogen) atoms. The third-order valence-electron chi connectivity index (χ3n) is 5.01. The highest BCUT2D eigenvalue weighted by Crippen LogP contribution is 2.23. The third-order valence-corrected chi connectivity index (χ3v) is 5.66. The lowest BCUT2D eigenvalue weighted by Gasteiger charge is -2.36. The van der Waals surface area contributed by atoms with Gasteiger partial charge in [0, 0.05) is 10.2 Å². The predicted molar refractivity (Wildman–Crippen MR) is 108 cm³/mol. The lowest BCUT2D eigenvalue weighted by Crippen LogP contribution is -3.19. The van der Waals surface area contributed by atoms with Crippen molar-refractivity contribution in [1.82, 2.24) is 0 Å². The number of nitrogens with one attached hydrogen (secondary N) is 2. The largest absolute Gasteiger partial charge is 0.508 e. The summed E-state index contributed by atoms with van der Waals surface area (Å²) >= 11 is 3.51. The van der Waals surface area contributed by atoms with E-state index in [1.54, 1.807) is 12.1 Å². The second-order valence-electron chi connectivity index (χ2n) is 6.86. The van der Waals surface area contributed by atoms with Crippen LogP contribution in [0.25, 0.3) is 0 Å². The molecule has 0 saturated carbocycles. The Kier molecular flexibility index (Phi) is 5.84. The third kappa shape index (κ3) is 4.37. The summed E-state index contributed by atoms with van der Waals surface area (Å²) in [6, 6.07) is 13.1. The fourth-order valence-electron chi connectivity index (χ4n) is 3.30. The van der Waals surface area contributed by atoms with Gasteiger partial charge < -0.3 is 20.2 Å². The topological polar surface area (TPSA) is 57.0 Å². The summed E-state index contributed by atoms with van der Waals surface area (Å²) in [6.45, 7) is 7.62. The second-order valence-corrected chi connectivity index (χ2v) is 7.71. The summed E-state index contributed by atoms with van der Waals surface area (Å²) in [7, 11) is 0. The van der Waals surface area contributed by atoms with E-state index in [-0.39, 0.29) is 17.7 Å². The number of aryl methyl sites for hydroxylation is 1. The molecule has 138 valence electrons. The van der Waals surface area contributed by atoms with Crippen LogP contribution in [0, 0.1) is 6.92 Å². The molecule has 1 fully saturated rings. The zero-order valence-corrected chi connectivity index (χ0v) is 16.7. The molecule has 0 aliphatic carbocycles. The number of benzene rings is 2. The zero-order valence-electron chi connectivity index (χ0n) is 15.1. The maximum absolute atomic E-state index is 12.6. The van der Waals surface area contributed by atoms with Crippen LogP contribution in [0.4, 0.5) is 11.4 Å². The monoisotopic (exact) mass is 418 g/mol. The van der Waals surface area contributed by atoms with E-state index in [9.17, 15) is 9.90 Å². The first kappa shape index (κ1) is 18.7. The number of phenols is 1. The van der Waals surface area contributed by atoms with Crippen LogP contribution >= 0.6 is 15.9 Å². The Morgan fingerprint density at radius 1 is 1.19 bits per heavy atom. The number of nitrogens with zero attached hydrogens (tertiary/aromatic N) is 1. The van der Waals surface area contributed by atoms with Crippen LogP contribution in [0.5, 0.6) is 5.75 Å². The van der Waals surface area contributed by atoms with Gasteiger partial charge in [0.05, 0.1) is 31.9 Å². The van der Waals surface area contributed by atoms with Crippen molar-refractivity contribution in [2.75, 3.05) is 36.4 Å². The highest BCUT2D eigenvalue weighted by atomic mass is 79.9. The summed E-state index contributed by atoms with van der Waals surface area (Å²) in [4.78, 5) is 16.2. The molecule has 1 saturated heterocycles. The van der Waals surface area contributed by atoms with Crippen molar-refractivity contribution < 1.29 is 14.8 Å². The number of rotatable bonds is 4. The van der Waals surface area contributed by atoms with Gasteiger partial charge in [-0.05, 0) is 71.7 Å². The average Bonchev–Trinajstić information content (AvgIpc) is 2.64. The minimum Gasteiger partial charge on any atom is -0.508 e. The van der Waals surface area contributed by atoms with Crippen LogP contribution < -0.4 is 15.1 Å². The van der Waals surface area contributed by atoms with E-state index < -0.39 is 0 Å². The van der Waals surface area contributed by atoms with E-state index in [2.05, 4.69) is 26.1 Å². The molecule has 1 atom stereocenters. The minimum absolute atomic E-state index is 0.0441. The van der Waals surface area contributed by atoms with Crippen LogP contribution in [0.1, 0.15) is 12.5 Å². The SMILES string of the molecule is Cc1ccc(NC(=O)[C@H](C)[NH+]2CCN(c3ccc(O)cc3)CC2)c(Br)c1. The number of halogens is 1. The Hall–Kier alpha value is -2.05. The fraction of sp³-hybridized carbons (Fsp3) is 0.350. The molecule has 1 heterocycles. The molecule has 0 bridgehead atoms. The number of hydrogen-bond donors (Lipinski definition) is 3. The van der Waals surface area contributed by atoms with Crippen molar-refractivity contribution in [2.45, 2.75) is 19.9 Å². The molecule has 1 aliphatic rings. The van der Waals surface area contributed by atoms with Gasteiger partial charge in [0.25, 0.3) is 5.91 Å². The van der Waals surface area contributed by atoms with Gasteiger partial charge in [0.2, 0.25) is 0 Å². The van der Waals surface area contributed by atoms with E-state index >= 15 is 0 Å². The second kappa shape index (κ2) is 8.10. The Balaban J connectivity index is 1.56. The lowest BCUT2D eigenvalue weighted by molar-refractivity contribution is -0.914. The molecule has 0 unspecified atom stereocenters. The Bertz CT molecular complexity index is 771. The molecule has 0 aromatic heterocycles. The maximum atomic E-state index is 12.6. The molecular weight excluding hydrogens is 394 g/mol. The minimum atomic E-state index is -0.106. The van der Waals surface area contributed by atoms with Gasteiger partial charge in [-0.25, -0.2) is 0 Å². The van der Waals surface area contributed by atoms with Crippen molar-refractivity contribution in [3.63, 3.8) is 0 Å². The summed E-state index contributed by atoms with van der Waals surface area (Å²) in [6.07, 6.45) is 0. The molecular formula is C20H25BrN3O2+. The summed E-state index contributed by atoms with van der Waals surface area (Å²) in [5.74, 6) is 0.327. The van der Waals surface area contributed by atoms with Crippen LogP contribution in [0.2, 0.25) is 0 Å². The number of hydrogen-bond acceptors (Lipinski definition) is 3. The molecule has 6 heteroatoms. The van der Waals surface area contributed by atoms with Crippen molar-refractivity contribution in [2.24, 2.45) is 0 Å². The lowest BCUT2D eigenvalue weighted by atomic mass is 10.2. The number of aromatic hydroxyl groups is 1. The van der Waals surface area contributed by atoms with Gasteiger partial charge in [-0.15, -0.1) is 0 Å². The fourth-order valence-corrected chi connectivity index (χ4v) is 3.89. The van der Waals surface area contributed by atoms with Gasteiger partial charge >= 0.3 is 0 Å². The molecule has 0 radical (unpaired) electrons. The molecule has 5 nitrogen and oxygen atoms in total. The van der Waals surface area contributed by atoms with Gasteiger partial charge in [-0.1, -0.05) is 6.07 Å². The van der Waals surface area contributed by atoms with Gasteiger partial charge in [-0.2, -0.15) is 0 Å². The summed E-state index contributed by atoms with van der Waals surface area (Å²) in [5.41, 5.74) is 3.08. The van der Waals surface area contributed by atoms with E-state index in [1.807, 2.05) is 44.2 Å². The average molecular weight is 419 g/mol. The van der Waals surface area contributed by atoms with Crippen molar-refractivity contribution in [3.8, 4) is 5.75 Å². The Morgan fingerprint density at radius 3 is 2.46 bits per heavy atom. The van der Waals surface area contributed by atoms with E-state index in [0.717, 1.165) is 47.6 Å². The van der Waals surface area contributed by atoms with Gasteiger partial charge in [-0.3, -0.25) is 4.79 Å². The standard InChI is InChI=1S/C20H24BrN3O2/c1-14-3-8-19(18(21)13-14)22-20(26)15(2)23-9-11-24(12-10-23)16-4-6-17(25)7-5-16/h3-8,13,15,25H,9-12H2,1-2H3,(H,22,26)/p+1/t15-/m0/s1. The molecule has 2 aromatic carbocycles.